The van der Waals surface area contributed by atoms with Gasteiger partial charge in [-0.05, 0) is 12.1 Å². The lowest BCUT2D eigenvalue weighted by Gasteiger charge is -2.05. The largest absolute Gasteiger partial charge is 0.504 e. The summed E-state index contributed by atoms with van der Waals surface area (Å²) in [4.78, 5) is 35.4. The molecule has 2 heterocycles. The summed E-state index contributed by atoms with van der Waals surface area (Å²) >= 11 is 0. The molecular weight excluding hydrogens is 308 g/mol. The number of nitrogen functional groups attached to an aromatic ring is 1. The lowest BCUT2D eigenvalue weighted by Crippen LogP contribution is -2.12. The van der Waals surface area contributed by atoms with E-state index in [1.54, 1.807) is 25.3 Å². The number of hydrogen-bond acceptors (Lipinski definition) is 5. The zero-order valence-electron chi connectivity index (χ0n) is 13.3. The van der Waals surface area contributed by atoms with Gasteiger partial charge in [0.05, 0.1) is 41.1 Å². The second-order valence-corrected chi connectivity index (χ2v) is 5.24. The number of benzene rings is 1. The normalized spacial score (nSPS) is 12.5. The van der Waals surface area contributed by atoms with Crippen LogP contribution in [0.4, 0.5) is 5.69 Å². The SMILES string of the molecule is CCC(=O)N=c1cc(N)c2ncc3cc(C(=O)C=COC)[nH]c1c32. The van der Waals surface area contributed by atoms with E-state index in [9.17, 15) is 9.59 Å². The fraction of sp³-hybridized carbons (Fsp3) is 0.176. The second-order valence-electron chi connectivity index (χ2n) is 5.24. The van der Waals surface area contributed by atoms with Gasteiger partial charge in [0.15, 0.2) is 0 Å². The summed E-state index contributed by atoms with van der Waals surface area (Å²) in [6.07, 6.45) is 4.53. The van der Waals surface area contributed by atoms with Crippen molar-refractivity contribution in [1.29, 1.82) is 0 Å². The summed E-state index contributed by atoms with van der Waals surface area (Å²) in [6.45, 7) is 1.73. The molecule has 7 nitrogen and oxygen atoms in total. The van der Waals surface area contributed by atoms with Gasteiger partial charge in [-0.1, -0.05) is 6.92 Å². The maximum Gasteiger partial charge on any atom is 0.246 e. The van der Waals surface area contributed by atoms with Crippen molar-refractivity contribution in [2.45, 2.75) is 13.3 Å². The van der Waals surface area contributed by atoms with Crippen molar-refractivity contribution in [1.82, 2.24) is 9.97 Å². The molecular formula is C17H16N4O3. The number of nitrogens with zero attached hydrogens (tertiary/aromatic N) is 2. The van der Waals surface area contributed by atoms with Gasteiger partial charge in [0.1, 0.15) is 0 Å². The van der Waals surface area contributed by atoms with Gasteiger partial charge in [-0.2, -0.15) is 0 Å². The molecule has 0 saturated heterocycles. The van der Waals surface area contributed by atoms with Crippen LogP contribution in [0.15, 0.2) is 35.7 Å². The highest BCUT2D eigenvalue weighted by atomic mass is 16.5. The van der Waals surface area contributed by atoms with Crippen LogP contribution in [-0.2, 0) is 9.53 Å². The van der Waals surface area contributed by atoms with E-state index in [0.29, 0.717) is 27.8 Å². The third-order valence-electron chi connectivity index (χ3n) is 3.66. The smallest absolute Gasteiger partial charge is 0.246 e. The highest BCUT2D eigenvalue weighted by molar-refractivity contribution is 6.15. The Labute approximate surface area is 137 Å². The molecule has 7 heteroatoms. The van der Waals surface area contributed by atoms with E-state index < -0.39 is 0 Å². The monoisotopic (exact) mass is 324 g/mol. The fourth-order valence-electron chi connectivity index (χ4n) is 2.51. The zero-order valence-corrected chi connectivity index (χ0v) is 13.3. The molecule has 122 valence electrons. The topological polar surface area (TPSA) is 110 Å². The Morgan fingerprint density at radius 1 is 1.42 bits per heavy atom. The number of rotatable bonds is 4. The number of aromatic nitrogens is 2. The van der Waals surface area contributed by atoms with Crippen molar-refractivity contribution < 1.29 is 14.3 Å². The molecule has 0 bridgehead atoms. The minimum atomic E-state index is -0.269. The molecule has 0 saturated carbocycles. The quantitative estimate of drug-likeness (QED) is 0.330. The molecule has 1 amide bonds. The number of hydrogen-bond donors (Lipinski definition) is 2. The summed E-state index contributed by atoms with van der Waals surface area (Å²) < 4.78 is 4.77. The van der Waals surface area contributed by atoms with Crippen LogP contribution in [0.1, 0.15) is 23.8 Å². The Morgan fingerprint density at radius 2 is 2.21 bits per heavy atom. The van der Waals surface area contributed by atoms with Crippen LogP contribution in [0.25, 0.3) is 21.8 Å². The molecule has 1 aromatic carbocycles. The Morgan fingerprint density at radius 3 is 2.92 bits per heavy atom. The van der Waals surface area contributed by atoms with Gasteiger partial charge >= 0.3 is 0 Å². The van der Waals surface area contributed by atoms with Gasteiger partial charge < -0.3 is 15.5 Å². The molecule has 0 spiro atoms. The predicted molar refractivity (Wildman–Crippen MR) is 90.5 cm³/mol. The van der Waals surface area contributed by atoms with Gasteiger partial charge in [0.2, 0.25) is 11.7 Å². The Hall–Kier alpha value is -3.22. The summed E-state index contributed by atoms with van der Waals surface area (Å²) in [5, 5.41) is 1.90. The number of amides is 1. The molecule has 0 unspecified atom stereocenters. The molecule has 0 atom stereocenters. The number of allylic oxidation sites excluding steroid dienone is 1. The van der Waals surface area contributed by atoms with Crippen LogP contribution in [-0.4, -0.2) is 28.8 Å². The van der Waals surface area contributed by atoms with Crippen LogP contribution in [0, 0.1) is 0 Å². The molecule has 0 radical (unpaired) electrons. The van der Waals surface area contributed by atoms with Gasteiger partial charge in [-0.15, -0.1) is 0 Å². The maximum absolute atomic E-state index is 12.2. The standard InChI is InChI=1S/C17H16N4O3/c1-3-14(23)20-12-7-10(18)16-15-9(8-19-16)6-11(21-17(12)15)13(22)4-5-24-2/h4-8,21H,3,18H2,1-2H3. The van der Waals surface area contributed by atoms with E-state index in [4.69, 9.17) is 10.5 Å². The zero-order chi connectivity index (χ0) is 17.3. The Balaban J connectivity index is 2.35. The van der Waals surface area contributed by atoms with Crippen molar-refractivity contribution in [3.8, 4) is 0 Å². The molecule has 3 rings (SSSR count). The Bertz CT molecular complexity index is 1030. The van der Waals surface area contributed by atoms with Gasteiger partial charge in [-0.3, -0.25) is 14.6 Å². The first-order chi connectivity index (χ1) is 11.5. The number of carbonyl (C=O) groups is 2. The van der Waals surface area contributed by atoms with Crippen molar-refractivity contribution in [2.75, 3.05) is 12.8 Å². The van der Waals surface area contributed by atoms with E-state index in [-0.39, 0.29) is 18.1 Å². The van der Waals surface area contributed by atoms with Crippen LogP contribution in [0.2, 0.25) is 0 Å². The lowest BCUT2D eigenvalue weighted by molar-refractivity contribution is -0.117. The number of aromatic amines is 1. The molecule has 0 aliphatic rings. The first-order valence-corrected chi connectivity index (χ1v) is 7.40. The third-order valence-corrected chi connectivity index (χ3v) is 3.66. The van der Waals surface area contributed by atoms with Crippen LogP contribution in [0.5, 0.6) is 0 Å². The molecule has 0 aliphatic heterocycles. The summed E-state index contributed by atoms with van der Waals surface area (Å²) in [7, 11) is 1.46. The average Bonchev–Trinajstić information content (AvgIpc) is 3.01. The first kappa shape index (κ1) is 15.7. The average molecular weight is 324 g/mol. The van der Waals surface area contributed by atoms with Crippen LogP contribution in [0.3, 0.4) is 0 Å². The minimum Gasteiger partial charge on any atom is -0.504 e. The number of methoxy groups -OCH3 is 1. The number of ether oxygens (including phenoxy) is 1. The van der Waals surface area contributed by atoms with E-state index in [1.165, 1.54) is 19.4 Å². The predicted octanol–water partition coefficient (Wildman–Crippen LogP) is 1.92. The molecule has 3 aromatic rings. The molecule has 0 aliphatic carbocycles. The summed E-state index contributed by atoms with van der Waals surface area (Å²) in [5.74, 6) is -0.531. The van der Waals surface area contributed by atoms with E-state index in [0.717, 1.165) is 10.8 Å². The highest BCUT2D eigenvalue weighted by Gasteiger charge is 2.14. The molecule has 3 N–H and O–H groups in total. The van der Waals surface area contributed by atoms with Crippen LogP contribution < -0.4 is 11.1 Å². The third kappa shape index (κ3) is 2.60. The lowest BCUT2D eigenvalue weighted by atomic mass is 10.1. The second kappa shape index (κ2) is 6.11. The van der Waals surface area contributed by atoms with Crippen molar-refractivity contribution in [2.24, 2.45) is 4.99 Å². The van der Waals surface area contributed by atoms with Gasteiger partial charge in [0.25, 0.3) is 0 Å². The van der Waals surface area contributed by atoms with Crippen molar-refractivity contribution in [3.05, 3.63) is 41.7 Å². The van der Waals surface area contributed by atoms with Crippen molar-refractivity contribution >= 4 is 39.2 Å². The van der Waals surface area contributed by atoms with Crippen LogP contribution >= 0.6 is 0 Å². The number of pyridine rings is 1. The Kier molecular flexibility index (Phi) is 3.99. The fourth-order valence-corrected chi connectivity index (χ4v) is 2.51. The number of nitrogens with two attached hydrogens (primary N) is 1. The molecule has 24 heavy (non-hydrogen) atoms. The highest BCUT2D eigenvalue weighted by Crippen LogP contribution is 2.27. The van der Waals surface area contributed by atoms with E-state index in [2.05, 4.69) is 15.0 Å². The molecule has 0 fully saturated rings. The van der Waals surface area contributed by atoms with Crippen molar-refractivity contribution in [3.63, 3.8) is 0 Å². The number of nitrogens with one attached hydrogen (secondary N) is 1. The molecule has 2 aromatic heterocycles. The number of ketones is 1. The first-order valence-electron chi connectivity index (χ1n) is 7.40. The number of anilines is 1. The summed E-state index contributed by atoms with van der Waals surface area (Å²) in [6, 6.07) is 3.28. The maximum atomic E-state index is 12.2. The van der Waals surface area contributed by atoms with Gasteiger partial charge in [-0.25, -0.2) is 4.99 Å². The van der Waals surface area contributed by atoms with Gasteiger partial charge in [0, 0.05) is 29.5 Å². The van der Waals surface area contributed by atoms with E-state index in [1.807, 2.05) is 0 Å². The number of H-pyrrole nitrogens is 1. The minimum absolute atomic E-state index is 0.263. The number of carbonyl (C=O) groups excluding carboxylic acids is 2. The summed E-state index contributed by atoms with van der Waals surface area (Å²) in [5.41, 5.74) is 7.97. The van der Waals surface area contributed by atoms with E-state index >= 15 is 0 Å².